The van der Waals surface area contributed by atoms with Gasteiger partial charge in [-0.15, -0.1) is 0 Å². The average Bonchev–Trinajstić information content (AvgIpc) is 2.80. The maximum atomic E-state index is 13.0. The van der Waals surface area contributed by atoms with Crippen LogP contribution in [-0.2, 0) is 10.0 Å². The highest BCUT2D eigenvalue weighted by molar-refractivity contribution is 7.89. The molecular weight excluding hydrogens is 404 g/mol. The van der Waals surface area contributed by atoms with Crippen LogP contribution in [0.3, 0.4) is 0 Å². The topological polar surface area (TPSA) is 104 Å². The van der Waals surface area contributed by atoms with E-state index in [2.05, 4.69) is 9.97 Å². The fourth-order valence-electron chi connectivity index (χ4n) is 3.32. The molecule has 1 aromatic heterocycles. The Kier molecular flexibility index (Phi) is 5.47. The lowest BCUT2D eigenvalue weighted by Gasteiger charge is -2.33. The molecule has 2 heterocycles. The molecule has 0 atom stereocenters. The largest absolute Gasteiger partial charge is 0.478 e. The Hall–Kier alpha value is -3.30. The molecule has 0 bridgehead atoms. The van der Waals surface area contributed by atoms with E-state index in [1.807, 2.05) is 47.4 Å². The molecular formula is C21H20N4O4S. The van der Waals surface area contributed by atoms with E-state index >= 15 is 0 Å². The summed E-state index contributed by atoms with van der Waals surface area (Å²) in [6, 6.07) is 16.7. The molecule has 1 aliphatic rings. The van der Waals surface area contributed by atoms with E-state index in [0.29, 0.717) is 32.1 Å². The molecule has 1 fully saturated rings. The quantitative estimate of drug-likeness (QED) is 0.670. The first-order valence-corrected chi connectivity index (χ1v) is 10.8. The normalized spacial score (nSPS) is 15.1. The van der Waals surface area contributed by atoms with Crippen LogP contribution in [0.2, 0.25) is 0 Å². The molecule has 1 saturated heterocycles. The highest BCUT2D eigenvalue weighted by Gasteiger charge is 2.29. The number of benzene rings is 2. The molecule has 4 rings (SSSR count). The number of aromatic carboxylic acids is 1. The fraction of sp³-hybridized carbons (Fsp3) is 0.190. The van der Waals surface area contributed by atoms with Gasteiger partial charge in [0.25, 0.3) is 0 Å². The van der Waals surface area contributed by atoms with Crippen molar-refractivity contribution < 1.29 is 18.3 Å². The van der Waals surface area contributed by atoms with E-state index in [4.69, 9.17) is 5.11 Å². The summed E-state index contributed by atoms with van der Waals surface area (Å²) in [5.41, 5.74) is 2.00. The average molecular weight is 424 g/mol. The molecule has 8 nitrogen and oxygen atoms in total. The minimum absolute atomic E-state index is 0.0129. The van der Waals surface area contributed by atoms with Crippen LogP contribution < -0.4 is 4.90 Å². The first-order valence-electron chi connectivity index (χ1n) is 9.41. The zero-order valence-electron chi connectivity index (χ0n) is 16.0. The van der Waals surface area contributed by atoms with Gasteiger partial charge in [0, 0.05) is 38.6 Å². The van der Waals surface area contributed by atoms with Gasteiger partial charge >= 0.3 is 5.97 Å². The van der Waals surface area contributed by atoms with Gasteiger partial charge in [-0.25, -0.2) is 23.2 Å². The Bertz CT molecular complexity index is 1130. The van der Waals surface area contributed by atoms with Crippen LogP contribution in [0.1, 0.15) is 10.4 Å². The number of aromatic nitrogens is 2. The van der Waals surface area contributed by atoms with Gasteiger partial charge in [-0.1, -0.05) is 42.5 Å². The van der Waals surface area contributed by atoms with Gasteiger partial charge < -0.3 is 10.0 Å². The Morgan fingerprint density at radius 1 is 0.833 bits per heavy atom. The zero-order chi connectivity index (χ0) is 21.1. The van der Waals surface area contributed by atoms with E-state index in [1.54, 1.807) is 12.1 Å². The van der Waals surface area contributed by atoms with Gasteiger partial charge in [-0.05, 0) is 23.3 Å². The SMILES string of the molecule is O=C(O)c1cnc(N2CCN(S(=O)(=O)c3ccc(-c4ccccc4)cc3)CC2)nc1. The van der Waals surface area contributed by atoms with Crippen LogP contribution in [0, 0.1) is 0 Å². The number of rotatable bonds is 5. The third-order valence-electron chi connectivity index (χ3n) is 5.01. The predicted molar refractivity (Wildman–Crippen MR) is 112 cm³/mol. The molecule has 30 heavy (non-hydrogen) atoms. The molecule has 0 unspecified atom stereocenters. The van der Waals surface area contributed by atoms with Crippen molar-refractivity contribution in [1.82, 2.24) is 14.3 Å². The van der Waals surface area contributed by atoms with Crippen molar-refractivity contribution in [3.8, 4) is 11.1 Å². The molecule has 0 radical (unpaired) electrons. The Morgan fingerprint density at radius 2 is 1.40 bits per heavy atom. The van der Waals surface area contributed by atoms with Crippen molar-refractivity contribution in [1.29, 1.82) is 0 Å². The van der Waals surface area contributed by atoms with E-state index in [1.165, 1.54) is 16.7 Å². The monoisotopic (exact) mass is 424 g/mol. The Labute approximate surface area is 174 Å². The van der Waals surface area contributed by atoms with E-state index in [-0.39, 0.29) is 10.5 Å². The van der Waals surface area contributed by atoms with Crippen molar-refractivity contribution in [2.24, 2.45) is 0 Å². The second kappa shape index (κ2) is 8.21. The first-order chi connectivity index (χ1) is 14.4. The second-order valence-electron chi connectivity index (χ2n) is 6.86. The highest BCUT2D eigenvalue weighted by atomic mass is 32.2. The van der Waals surface area contributed by atoms with Crippen LogP contribution >= 0.6 is 0 Å². The maximum absolute atomic E-state index is 13.0. The third kappa shape index (κ3) is 4.03. The van der Waals surface area contributed by atoms with E-state index < -0.39 is 16.0 Å². The van der Waals surface area contributed by atoms with Gasteiger partial charge in [0.15, 0.2) is 0 Å². The molecule has 9 heteroatoms. The molecule has 2 aromatic carbocycles. The molecule has 1 N–H and O–H groups in total. The van der Waals surface area contributed by atoms with Crippen LogP contribution in [0.15, 0.2) is 71.9 Å². The number of carbonyl (C=O) groups is 1. The van der Waals surface area contributed by atoms with Crippen molar-refractivity contribution in [3.05, 3.63) is 72.6 Å². The molecule has 0 spiro atoms. The van der Waals surface area contributed by atoms with Crippen molar-refractivity contribution in [2.45, 2.75) is 4.90 Å². The lowest BCUT2D eigenvalue weighted by Crippen LogP contribution is -2.49. The summed E-state index contributed by atoms with van der Waals surface area (Å²) in [5.74, 6) is -0.694. The number of piperazine rings is 1. The molecule has 0 saturated carbocycles. The lowest BCUT2D eigenvalue weighted by atomic mass is 10.1. The number of nitrogens with zero attached hydrogens (tertiary/aromatic N) is 4. The molecule has 0 aliphatic carbocycles. The number of hydrogen-bond acceptors (Lipinski definition) is 6. The summed E-state index contributed by atoms with van der Waals surface area (Å²) >= 11 is 0. The standard InChI is InChI=1S/C21H20N4O4S/c26-20(27)18-14-22-21(23-15-18)24-10-12-25(13-11-24)30(28,29)19-8-6-17(7-9-19)16-4-2-1-3-5-16/h1-9,14-15H,10-13H2,(H,26,27). The smallest absolute Gasteiger partial charge is 0.338 e. The van der Waals surface area contributed by atoms with Crippen LogP contribution in [-0.4, -0.2) is 59.9 Å². The minimum atomic E-state index is -3.60. The molecule has 0 amide bonds. The van der Waals surface area contributed by atoms with Gasteiger partial charge in [0.05, 0.1) is 10.5 Å². The molecule has 1 aliphatic heterocycles. The molecule has 3 aromatic rings. The molecule has 154 valence electrons. The summed E-state index contributed by atoms with van der Waals surface area (Å²) in [7, 11) is -3.60. The highest BCUT2D eigenvalue weighted by Crippen LogP contribution is 2.24. The van der Waals surface area contributed by atoms with Crippen molar-refractivity contribution in [3.63, 3.8) is 0 Å². The summed E-state index contributed by atoms with van der Waals surface area (Å²) in [6.07, 6.45) is 2.50. The summed E-state index contributed by atoms with van der Waals surface area (Å²) < 4.78 is 27.5. The van der Waals surface area contributed by atoms with Crippen molar-refractivity contribution >= 4 is 21.9 Å². The number of hydrogen-bond donors (Lipinski definition) is 1. The lowest BCUT2D eigenvalue weighted by molar-refractivity contribution is 0.0696. The predicted octanol–water partition coefficient (Wildman–Crippen LogP) is 2.35. The first kappa shape index (κ1) is 20.0. The Balaban J connectivity index is 1.44. The summed E-state index contributed by atoms with van der Waals surface area (Å²) in [6.45, 7) is 1.45. The zero-order valence-corrected chi connectivity index (χ0v) is 16.9. The van der Waals surface area contributed by atoms with Gasteiger partial charge in [0.1, 0.15) is 0 Å². The van der Waals surface area contributed by atoms with Gasteiger partial charge in [0.2, 0.25) is 16.0 Å². The summed E-state index contributed by atoms with van der Waals surface area (Å²) in [5, 5.41) is 8.93. The third-order valence-corrected chi connectivity index (χ3v) is 6.92. The Morgan fingerprint density at radius 3 is 1.97 bits per heavy atom. The number of anilines is 1. The number of sulfonamides is 1. The minimum Gasteiger partial charge on any atom is -0.478 e. The van der Waals surface area contributed by atoms with Crippen LogP contribution in [0.5, 0.6) is 0 Å². The summed E-state index contributed by atoms with van der Waals surface area (Å²) in [4.78, 5) is 21.2. The second-order valence-corrected chi connectivity index (χ2v) is 8.80. The maximum Gasteiger partial charge on any atom is 0.338 e. The van der Waals surface area contributed by atoms with Gasteiger partial charge in [-0.2, -0.15) is 4.31 Å². The fourth-order valence-corrected chi connectivity index (χ4v) is 4.74. The van der Waals surface area contributed by atoms with Crippen molar-refractivity contribution in [2.75, 3.05) is 31.1 Å². The van der Waals surface area contributed by atoms with E-state index in [0.717, 1.165) is 11.1 Å². The number of carboxylic acid groups (broad SMARTS) is 1. The van der Waals surface area contributed by atoms with Crippen LogP contribution in [0.25, 0.3) is 11.1 Å². The van der Waals surface area contributed by atoms with E-state index in [9.17, 15) is 13.2 Å². The van der Waals surface area contributed by atoms with Gasteiger partial charge in [-0.3, -0.25) is 0 Å². The number of carboxylic acids is 1. The van der Waals surface area contributed by atoms with Crippen LogP contribution in [0.4, 0.5) is 5.95 Å².